The van der Waals surface area contributed by atoms with Gasteiger partial charge in [-0.2, -0.15) is 0 Å². The standard InChI is InChI=1S/C26H24Cl2N4O/c1-15(25-21-12-19(29)4-7-24(21)31-26(25)33)30-20-5-2-16(3-6-20)13-32-9-8-17-10-22(27)23(28)11-18(17)14-32/h2-7,10-12,30H,8-9,13-14,29H2,1H3,(H,31,33). The number of carbonyl (C=O) groups is 1. The van der Waals surface area contributed by atoms with E-state index in [1.807, 2.05) is 43.3 Å². The van der Waals surface area contributed by atoms with Crippen LogP contribution in [0.2, 0.25) is 10.0 Å². The summed E-state index contributed by atoms with van der Waals surface area (Å²) in [6, 6.07) is 17.7. The van der Waals surface area contributed by atoms with Gasteiger partial charge in [0.15, 0.2) is 0 Å². The van der Waals surface area contributed by atoms with Gasteiger partial charge in [0.2, 0.25) is 0 Å². The average molecular weight is 479 g/mol. The highest BCUT2D eigenvalue weighted by molar-refractivity contribution is 6.42. The number of rotatable bonds is 4. The van der Waals surface area contributed by atoms with E-state index in [1.54, 1.807) is 6.07 Å². The molecule has 2 heterocycles. The van der Waals surface area contributed by atoms with Crippen molar-refractivity contribution in [1.29, 1.82) is 0 Å². The monoisotopic (exact) mass is 478 g/mol. The lowest BCUT2D eigenvalue weighted by Gasteiger charge is -2.29. The number of allylic oxidation sites excluding steroid dienone is 1. The van der Waals surface area contributed by atoms with Crippen LogP contribution < -0.4 is 16.4 Å². The van der Waals surface area contributed by atoms with Crippen molar-refractivity contribution < 1.29 is 4.79 Å². The van der Waals surface area contributed by atoms with Gasteiger partial charge in [-0.15, -0.1) is 0 Å². The fourth-order valence-electron chi connectivity index (χ4n) is 4.53. The van der Waals surface area contributed by atoms with Crippen LogP contribution in [0.3, 0.4) is 0 Å². The van der Waals surface area contributed by atoms with E-state index >= 15 is 0 Å². The third kappa shape index (κ3) is 4.44. The Labute approximate surface area is 203 Å². The molecule has 0 fully saturated rings. The normalized spacial score (nSPS) is 16.8. The van der Waals surface area contributed by atoms with Crippen LogP contribution in [0.15, 0.2) is 60.3 Å². The molecule has 5 nitrogen and oxygen atoms in total. The summed E-state index contributed by atoms with van der Waals surface area (Å²) in [5.41, 5.74) is 14.3. The Kier molecular flexibility index (Phi) is 5.79. The molecule has 0 atom stereocenters. The van der Waals surface area contributed by atoms with E-state index < -0.39 is 0 Å². The SMILES string of the molecule is CC(Nc1ccc(CN2CCc3cc(Cl)c(Cl)cc3C2)cc1)=C1C(=O)Nc2ccc(N)cc21. The lowest BCUT2D eigenvalue weighted by Crippen LogP contribution is -2.30. The summed E-state index contributed by atoms with van der Waals surface area (Å²) in [5.74, 6) is -0.121. The number of nitrogen functional groups attached to an aromatic ring is 1. The van der Waals surface area contributed by atoms with Crippen LogP contribution >= 0.6 is 23.2 Å². The molecule has 0 aliphatic carbocycles. The number of benzene rings is 3. The number of halogens is 2. The highest BCUT2D eigenvalue weighted by Crippen LogP contribution is 2.35. The quantitative estimate of drug-likeness (QED) is 0.321. The predicted molar refractivity (Wildman–Crippen MR) is 136 cm³/mol. The lowest BCUT2D eigenvalue weighted by atomic mass is 9.99. The molecule has 2 aliphatic rings. The maximum Gasteiger partial charge on any atom is 0.258 e. The first-order valence-corrected chi connectivity index (χ1v) is 11.6. The van der Waals surface area contributed by atoms with E-state index in [4.69, 9.17) is 28.9 Å². The number of amides is 1. The predicted octanol–water partition coefficient (Wildman–Crippen LogP) is 5.93. The number of hydrogen-bond acceptors (Lipinski definition) is 4. The molecule has 1 amide bonds. The van der Waals surface area contributed by atoms with Crippen LogP contribution in [0.25, 0.3) is 5.57 Å². The Hall–Kier alpha value is -2.99. The van der Waals surface area contributed by atoms with Crippen LogP contribution in [-0.4, -0.2) is 17.4 Å². The molecule has 2 aliphatic heterocycles. The fourth-order valence-corrected chi connectivity index (χ4v) is 4.90. The summed E-state index contributed by atoms with van der Waals surface area (Å²) in [6.07, 6.45) is 0.965. The molecule has 3 aromatic carbocycles. The summed E-state index contributed by atoms with van der Waals surface area (Å²) >= 11 is 12.4. The van der Waals surface area contributed by atoms with Gasteiger partial charge in [-0.3, -0.25) is 9.69 Å². The van der Waals surface area contributed by atoms with Crippen molar-refractivity contribution in [3.8, 4) is 0 Å². The first-order valence-electron chi connectivity index (χ1n) is 10.8. The molecule has 4 N–H and O–H groups in total. The number of hydrogen-bond donors (Lipinski definition) is 3. The Balaban J connectivity index is 1.28. The van der Waals surface area contributed by atoms with Crippen LogP contribution in [-0.2, 0) is 24.3 Å². The van der Waals surface area contributed by atoms with Gasteiger partial charge >= 0.3 is 0 Å². The maximum absolute atomic E-state index is 12.5. The van der Waals surface area contributed by atoms with E-state index in [9.17, 15) is 4.79 Å². The molecular formula is C26H24Cl2N4O. The molecule has 0 unspecified atom stereocenters. The van der Waals surface area contributed by atoms with Crippen LogP contribution in [0.1, 0.15) is 29.2 Å². The van der Waals surface area contributed by atoms with Crippen LogP contribution in [0.4, 0.5) is 17.1 Å². The molecular weight excluding hydrogens is 455 g/mol. The van der Waals surface area contributed by atoms with Crippen molar-refractivity contribution in [2.24, 2.45) is 0 Å². The van der Waals surface area contributed by atoms with Crippen molar-refractivity contribution in [2.45, 2.75) is 26.4 Å². The smallest absolute Gasteiger partial charge is 0.258 e. The van der Waals surface area contributed by atoms with Crippen molar-refractivity contribution >= 4 is 51.7 Å². The Morgan fingerprint density at radius 3 is 2.55 bits per heavy atom. The molecule has 5 rings (SSSR count). The van der Waals surface area contributed by atoms with Gasteiger partial charge in [-0.05, 0) is 72.5 Å². The van der Waals surface area contributed by atoms with Gasteiger partial charge in [0, 0.05) is 48.0 Å². The number of carbonyl (C=O) groups excluding carboxylic acids is 1. The molecule has 0 aromatic heterocycles. The third-order valence-electron chi connectivity index (χ3n) is 6.19. The van der Waals surface area contributed by atoms with Gasteiger partial charge < -0.3 is 16.4 Å². The molecule has 7 heteroatoms. The first kappa shape index (κ1) is 21.8. The van der Waals surface area contributed by atoms with Crippen molar-refractivity contribution in [3.63, 3.8) is 0 Å². The van der Waals surface area contributed by atoms with E-state index in [1.165, 1.54) is 16.7 Å². The zero-order valence-electron chi connectivity index (χ0n) is 18.2. The minimum atomic E-state index is -0.121. The molecule has 0 spiro atoms. The van der Waals surface area contributed by atoms with Gasteiger partial charge in [0.25, 0.3) is 5.91 Å². The molecule has 0 radical (unpaired) electrons. The van der Waals surface area contributed by atoms with E-state index in [0.29, 0.717) is 21.3 Å². The number of anilines is 3. The zero-order chi connectivity index (χ0) is 23.1. The molecule has 33 heavy (non-hydrogen) atoms. The second-order valence-corrected chi connectivity index (χ2v) is 9.39. The minimum Gasteiger partial charge on any atom is -0.399 e. The Morgan fingerprint density at radius 1 is 1.06 bits per heavy atom. The number of nitrogens with one attached hydrogen (secondary N) is 2. The van der Waals surface area contributed by atoms with Gasteiger partial charge in [0.1, 0.15) is 0 Å². The van der Waals surface area contributed by atoms with E-state index in [-0.39, 0.29) is 5.91 Å². The van der Waals surface area contributed by atoms with Crippen molar-refractivity contribution in [1.82, 2.24) is 4.90 Å². The summed E-state index contributed by atoms with van der Waals surface area (Å²) < 4.78 is 0. The number of fused-ring (bicyclic) bond motifs is 2. The van der Waals surface area contributed by atoms with Crippen molar-refractivity contribution in [2.75, 3.05) is 22.9 Å². The van der Waals surface area contributed by atoms with Crippen LogP contribution in [0.5, 0.6) is 0 Å². The second-order valence-electron chi connectivity index (χ2n) is 8.58. The third-order valence-corrected chi connectivity index (χ3v) is 6.91. The van der Waals surface area contributed by atoms with Gasteiger partial charge in [-0.25, -0.2) is 0 Å². The first-order chi connectivity index (χ1) is 15.9. The van der Waals surface area contributed by atoms with Crippen molar-refractivity contribution in [3.05, 3.63) is 92.6 Å². The highest BCUT2D eigenvalue weighted by atomic mass is 35.5. The molecule has 0 saturated carbocycles. The Bertz CT molecular complexity index is 1280. The molecule has 168 valence electrons. The maximum atomic E-state index is 12.5. The summed E-state index contributed by atoms with van der Waals surface area (Å²) in [7, 11) is 0. The average Bonchev–Trinajstić information content (AvgIpc) is 3.11. The summed E-state index contributed by atoms with van der Waals surface area (Å²) in [4.78, 5) is 14.9. The molecule has 0 saturated heterocycles. The molecule has 0 bridgehead atoms. The number of nitrogens with two attached hydrogens (primary N) is 1. The van der Waals surface area contributed by atoms with Gasteiger partial charge in [-0.1, -0.05) is 35.3 Å². The fraction of sp³-hybridized carbons (Fsp3) is 0.192. The van der Waals surface area contributed by atoms with Crippen LogP contribution in [0, 0.1) is 0 Å². The molecule has 3 aromatic rings. The van der Waals surface area contributed by atoms with E-state index in [2.05, 4.69) is 27.7 Å². The zero-order valence-corrected chi connectivity index (χ0v) is 19.7. The Morgan fingerprint density at radius 2 is 1.79 bits per heavy atom. The topological polar surface area (TPSA) is 70.4 Å². The lowest BCUT2D eigenvalue weighted by molar-refractivity contribution is -0.110. The van der Waals surface area contributed by atoms with Gasteiger partial charge in [0.05, 0.1) is 15.6 Å². The van der Waals surface area contributed by atoms with E-state index in [0.717, 1.165) is 48.7 Å². The highest BCUT2D eigenvalue weighted by Gasteiger charge is 2.26. The number of nitrogens with zero attached hydrogens (tertiary/aromatic N) is 1. The minimum absolute atomic E-state index is 0.121. The summed E-state index contributed by atoms with van der Waals surface area (Å²) in [6.45, 7) is 4.60. The largest absolute Gasteiger partial charge is 0.399 e. The second kappa shape index (κ2) is 8.75. The summed E-state index contributed by atoms with van der Waals surface area (Å²) in [5, 5.41) is 7.50.